The van der Waals surface area contributed by atoms with E-state index in [4.69, 9.17) is 0 Å². The van der Waals surface area contributed by atoms with Gasteiger partial charge in [-0.25, -0.2) is 0 Å². The minimum atomic E-state index is 0.211. The molecule has 0 unspecified atom stereocenters. The molecule has 3 rings (SSSR count). The summed E-state index contributed by atoms with van der Waals surface area (Å²) < 4.78 is 0. The van der Waals surface area contributed by atoms with Crippen molar-refractivity contribution in [2.24, 2.45) is 0 Å². The average Bonchev–Trinajstić information content (AvgIpc) is 2.93. The molecule has 0 bridgehead atoms. The lowest BCUT2D eigenvalue weighted by Crippen LogP contribution is -2.29. The lowest BCUT2D eigenvalue weighted by molar-refractivity contribution is -0.129. The molecule has 3 nitrogen and oxygen atoms in total. The van der Waals surface area contributed by atoms with E-state index in [1.165, 1.54) is 0 Å². The zero-order valence-corrected chi connectivity index (χ0v) is 11.2. The number of likely N-dealkylation sites (tertiary alicyclic amines) is 1. The van der Waals surface area contributed by atoms with Crippen LogP contribution in [0.3, 0.4) is 0 Å². The van der Waals surface area contributed by atoms with E-state index in [1.807, 2.05) is 30.0 Å². The number of aromatic nitrogens is 1. The van der Waals surface area contributed by atoms with Gasteiger partial charge in [0.05, 0.1) is 17.6 Å². The zero-order chi connectivity index (χ0) is 13.2. The standard InChI is InChI=1S/C16H18N2O/c1-12-10-13-6-2-3-7-14(13)17-15(12)11-16(19)18-8-4-5-9-18/h2-3,6-7,10H,4-5,8-9,11H2,1H3. The van der Waals surface area contributed by atoms with Gasteiger partial charge in [-0.3, -0.25) is 9.78 Å². The minimum absolute atomic E-state index is 0.211. The Morgan fingerprint density at radius 1 is 1.26 bits per heavy atom. The fourth-order valence-corrected chi connectivity index (χ4v) is 2.66. The Kier molecular flexibility index (Phi) is 3.20. The number of carbonyl (C=O) groups excluding carboxylic acids is 1. The lowest BCUT2D eigenvalue weighted by atomic mass is 10.1. The van der Waals surface area contributed by atoms with Gasteiger partial charge in [-0.1, -0.05) is 18.2 Å². The normalized spacial score (nSPS) is 15.1. The van der Waals surface area contributed by atoms with Crippen LogP contribution in [0.1, 0.15) is 24.1 Å². The van der Waals surface area contributed by atoms with Gasteiger partial charge in [0.15, 0.2) is 0 Å². The summed E-state index contributed by atoms with van der Waals surface area (Å²) in [6.07, 6.45) is 2.70. The number of nitrogens with zero attached hydrogens (tertiary/aromatic N) is 2. The number of aryl methyl sites for hydroxylation is 1. The molecule has 0 radical (unpaired) electrons. The summed E-state index contributed by atoms with van der Waals surface area (Å²) in [5.74, 6) is 0.211. The molecule has 0 saturated carbocycles. The molecule has 1 aromatic heterocycles. The molecule has 1 aromatic carbocycles. The Hall–Kier alpha value is -1.90. The van der Waals surface area contributed by atoms with Crippen molar-refractivity contribution in [3.63, 3.8) is 0 Å². The van der Waals surface area contributed by atoms with E-state index in [0.29, 0.717) is 6.42 Å². The van der Waals surface area contributed by atoms with Gasteiger partial charge in [0.25, 0.3) is 0 Å². The molecular weight excluding hydrogens is 236 g/mol. The van der Waals surface area contributed by atoms with Crippen LogP contribution in [0.4, 0.5) is 0 Å². The van der Waals surface area contributed by atoms with Gasteiger partial charge in [0.1, 0.15) is 0 Å². The van der Waals surface area contributed by atoms with E-state index in [9.17, 15) is 4.79 Å². The van der Waals surface area contributed by atoms with Gasteiger partial charge in [-0.05, 0) is 37.5 Å². The van der Waals surface area contributed by atoms with Crippen molar-refractivity contribution in [1.82, 2.24) is 9.88 Å². The maximum Gasteiger partial charge on any atom is 0.228 e. The molecule has 1 aliphatic heterocycles. The monoisotopic (exact) mass is 254 g/mol. The van der Waals surface area contributed by atoms with Gasteiger partial charge >= 0.3 is 0 Å². The molecule has 0 N–H and O–H groups in total. The molecule has 2 heterocycles. The van der Waals surface area contributed by atoms with Crippen LogP contribution in [0.5, 0.6) is 0 Å². The second-order valence-corrected chi connectivity index (χ2v) is 5.21. The first-order valence-electron chi connectivity index (χ1n) is 6.87. The summed E-state index contributed by atoms with van der Waals surface area (Å²) in [5.41, 5.74) is 2.99. The summed E-state index contributed by atoms with van der Waals surface area (Å²) in [5, 5.41) is 1.14. The number of fused-ring (bicyclic) bond motifs is 1. The summed E-state index contributed by atoms with van der Waals surface area (Å²) in [7, 11) is 0. The van der Waals surface area contributed by atoms with Crippen molar-refractivity contribution >= 4 is 16.8 Å². The van der Waals surface area contributed by atoms with Gasteiger partial charge in [-0.2, -0.15) is 0 Å². The fourth-order valence-electron chi connectivity index (χ4n) is 2.66. The minimum Gasteiger partial charge on any atom is -0.342 e. The topological polar surface area (TPSA) is 33.2 Å². The molecule has 3 heteroatoms. The second-order valence-electron chi connectivity index (χ2n) is 5.21. The van der Waals surface area contributed by atoms with Crippen LogP contribution in [0.2, 0.25) is 0 Å². The van der Waals surface area contributed by atoms with E-state index < -0.39 is 0 Å². The highest BCUT2D eigenvalue weighted by Gasteiger charge is 2.19. The number of hydrogen-bond acceptors (Lipinski definition) is 2. The largest absolute Gasteiger partial charge is 0.342 e. The van der Waals surface area contributed by atoms with Crippen LogP contribution >= 0.6 is 0 Å². The average molecular weight is 254 g/mol. The van der Waals surface area contributed by atoms with E-state index in [-0.39, 0.29) is 5.91 Å². The van der Waals surface area contributed by atoms with Crippen molar-refractivity contribution in [3.05, 3.63) is 41.6 Å². The number of para-hydroxylation sites is 1. The number of pyridine rings is 1. The van der Waals surface area contributed by atoms with E-state index in [1.54, 1.807) is 0 Å². The first-order valence-corrected chi connectivity index (χ1v) is 6.87. The summed E-state index contributed by atoms with van der Waals surface area (Å²) in [6.45, 7) is 3.85. The van der Waals surface area contributed by atoms with Crippen LogP contribution in [0.15, 0.2) is 30.3 Å². The van der Waals surface area contributed by atoms with Crippen LogP contribution in [0.25, 0.3) is 10.9 Å². The Morgan fingerprint density at radius 3 is 2.79 bits per heavy atom. The predicted molar refractivity (Wildman–Crippen MR) is 76.0 cm³/mol. The quantitative estimate of drug-likeness (QED) is 0.825. The highest BCUT2D eigenvalue weighted by molar-refractivity contribution is 5.82. The van der Waals surface area contributed by atoms with Crippen LogP contribution in [-0.2, 0) is 11.2 Å². The Morgan fingerprint density at radius 2 is 2.00 bits per heavy atom. The number of amides is 1. The first kappa shape index (κ1) is 12.2. The lowest BCUT2D eigenvalue weighted by Gasteiger charge is -2.15. The Balaban J connectivity index is 1.87. The van der Waals surface area contributed by atoms with Gasteiger partial charge in [0, 0.05) is 18.5 Å². The van der Waals surface area contributed by atoms with Gasteiger partial charge in [-0.15, -0.1) is 0 Å². The third-order valence-electron chi connectivity index (χ3n) is 3.80. The first-order chi connectivity index (χ1) is 9.24. The molecule has 0 atom stereocenters. The van der Waals surface area contributed by atoms with Crippen LogP contribution in [-0.4, -0.2) is 28.9 Å². The maximum absolute atomic E-state index is 12.2. The van der Waals surface area contributed by atoms with Crippen LogP contribution < -0.4 is 0 Å². The number of benzene rings is 1. The number of hydrogen-bond donors (Lipinski definition) is 0. The second kappa shape index (κ2) is 5.00. The predicted octanol–water partition coefficient (Wildman–Crippen LogP) is 2.71. The summed E-state index contributed by atoms with van der Waals surface area (Å²) in [6, 6.07) is 10.2. The third kappa shape index (κ3) is 2.46. The number of carbonyl (C=O) groups is 1. The van der Waals surface area contributed by atoms with Crippen molar-refractivity contribution in [2.75, 3.05) is 13.1 Å². The van der Waals surface area contributed by atoms with E-state index in [0.717, 1.165) is 48.1 Å². The molecule has 19 heavy (non-hydrogen) atoms. The third-order valence-corrected chi connectivity index (χ3v) is 3.80. The molecule has 98 valence electrons. The van der Waals surface area contributed by atoms with E-state index >= 15 is 0 Å². The Bertz CT molecular complexity index is 615. The molecule has 1 fully saturated rings. The summed E-state index contributed by atoms with van der Waals surface area (Å²) >= 11 is 0. The SMILES string of the molecule is Cc1cc2ccccc2nc1CC(=O)N1CCCC1. The maximum atomic E-state index is 12.2. The molecule has 1 saturated heterocycles. The van der Waals surface area contributed by atoms with Crippen molar-refractivity contribution in [2.45, 2.75) is 26.2 Å². The molecule has 1 amide bonds. The van der Waals surface area contributed by atoms with Crippen LogP contribution in [0, 0.1) is 6.92 Å². The molecular formula is C16H18N2O. The smallest absolute Gasteiger partial charge is 0.228 e. The summed E-state index contributed by atoms with van der Waals surface area (Å²) in [4.78, 5) is 18.8. The van der Waals surface area contributed by atoms with E-state index in [2.05, 4.69) is 17.1 Å². The van der Waals surface area contributed by atoms with Crippen molar-refractivity contribution in [3.8, 4) is 0 Å². The van der Waals surface area contributed by atoms with Crippen molar-refractivity contribution in [1.29, 1.82) is 0 Å². The molecule has 1 aliphatic rings. The van der Waals surface area contributed by atoms with Gasteiger partial charge in [0.2, 0.25) is 5.91 Å². The fraction of sp³-hybridized carbons (Fsp3) is 0.375. The molecule has 0 aliphatic carbocycles. The highest BCUT2D eigenvalue weighted by atomic mass is 16.2. The molecule has 0 spiro atoms. The zero-order valence-electron chi connectivity index (χ0n) is 11.2. The highest BCUT2D eigenvalue weighted by Crippen LogP contribution is 2.18. The Labute approximate surface area is 113 Å². The molecule has 2 aromatic rings. The van der Waals surface area contributed by atoms with Gasteiger partial charge < -0.3 is 4.90 Å². The number of rotatable bonds is 2. The van der Waals surface area contributed by atoms with Crippen molar-refractivity contribution < 1.29 is 4.79 Å².